The Hall–Kier alpha value is -1.65. The second-order valence-electron chi connectivity index (χ2n) is 3.13. The van der Waals surface area contributed by atoms with Crippen LogP contribution in [0.1, 0.15) is 17.2 Å². The maximum Gasteiger partial charge on any atom is 0.328 e. The molecule has 0 spiro atoms. The van der Waals surface area contributed by atoms with Crippen LogP contribution in [-0.4, -0.2) is 22.8 Å². The Kier molecular flexibility index (Phi) is 4.03. The average molecular weight is 207 g/mol. The third-order valence-electron chi connectivity index (χ3n) is 1.98. The highest BCUT2D eigenvalue weighted by atomic mass is 16.4. The smallest absolute Gasteiger partial charge is 0.328 e. The van der Waals surface area contributed by atoms with E-state index in [1.54, 1.807) is 24.3 Å². The van der Waals surface area contributed by atoms with Gasteiger partial charge in [-0.25, -0.2) is 4.79 Å². The standard InChI is InChI=1S/C11H13NO3/c12-10(7-13)9-4-1-8(2-5-9)3-6-11(14)15/h1-6,10,13H,7,12H2,(H,14,15)/b6-3+/t10-/m0/s1. The zero-order chi connectivity index (χ0) is 11.3. The molecule has 1 rings (SSSR count). The molecule has 1 aromatic carbocycles. The molecule has 0 radical (unpaired) electrons. The van der Waals surface area contributed by atoms with E-state index in [0.29, 0.717) is 0 Å². The summed E-state index contributed by atoms with van der Waals surface area (Å²) in [7, 11) is 0. The van der Waals surface area contributed by atoms with E-state index in [1.807, 2.05) is 0 Å². The number of aliphatic hydroxyl groups excluding tert-OH is 1. The zero-order valence-corrected chi connectivity index (χ0v) is 8.13. The van der Waals surface area contributed by atoms with Crippen LogP contribution in [0.2, 0.25) is 0 Å². The molecule has 0 bridgehead atoms. The van der Waals surface area contributed by atoms with Crippen LogP contribution in [0.3, 0.4) is 0 Å². The molecule has 4 heteroatoms. The van der Waals surface area contributed by atoms with Gasteiger partial charge in [-0.15, -0.1) is 0 Å². The molecule has 0 aromatic heterocycles. The molecule has 0 amide bonds. The van der Waals surface area contributed by atoms with Gasteiger partial charge in [0.15, 0.2) is 0 Å². The summed E-state index contributed by atoms with van der Waals surface area (Å²) >= 11 is 0. The van der Waals surface area contributed by atoms with Crippen molar-refractivity contribution in [3.05, 3.63) is 41.5 Å². The van der Waals surface area contributed by atoms with E-state index in [4.69, 9.17) is 15.9 Å². The first kappa shape index (κ1) is 11.4. The summed E-state index contributed by atoms with van der Waals surface area (Å²) in [5.41, 5.74) is 7.21. The molecule has 0 aliphatic rings. The molecule has 0 aliphatic heterocycles. The Morgan fingerprint density at radius 1 is 1.40 bits per heavy atom. The molecule has 0 unspecified atom stereocenters. The number of benzene rings is 1. The molecule has 1 aromatic rings. The first-order valence-corrected chi connectivity index (χ1v) is 4.51. The molecular weight excluding hydrogens is 194 g/mol. The van der Waals surface area contributed by atoms with Crippen LogP contribution in [-0.2, 0) is 4.79 Å². The van der Waals surface area contributed by atoms with Gasteiger partial charge in [0, 0.05) is 6.08 Å². The van der Waals surface area contributed by atoms with Crippen LogP contribution in [0.15, 0.2) is 30.3 Å². The Bertz CT molecular complexity index is 357. The lowest BCUT2D eigenvalue weighted by Crippen LogP contribution is -2.14. The molecule has 4 nitrogen and oxygen atoms in total. The molecule has 1 atom stereocenters. The minimum absolute atomic E-state index is 0.107. The second-order valence-corrected chi connectivity index (χ2v) is 3.13. The lowest BCUT2D eigenvalue weighted by atomic mass is 10.1. The molecule has 80 valence electrons. The number of hydrogen-bond donors (Lipinski definition) is 3. The normalized spacial score (nSPS) is 12.9. The fourth-order valence-electron chi connectivity index (χ4n) is 1.13. The third kappa shape index (κ3) is 3.53. The lowest BCUT2D eigenvalue weighted by Gasteiger charge is -2.07. The van der Waals surface area contributed by atoms with Crippen molar-refractivity contribution in [2.75, 3.05) is 6.61 Å². The van der Waals surface area contributed by atoms with Crippen molar-refractivity contribution in [3.63, 3.8) is 0 Å². The van der Waals surface area contributed by atoms with E-state index in [1.165, 1.54) is 6.08 Å². The van der Waals surface area contributed by atoms with Crippen molar-refractivity contribution >= 4 is 12.0 Å². The van der Waals surface area contributed by atoms with Crippen LogP contribution in [0, 0.1) is 0 Å². The van der Waals surface area contributed by atoms with Gasteiger partial charge in [-0.05, 0) is 17.2 Å². The van der Waals surface area contributed by atoms with E-state index in [-0.39, 0.29) is 12.6 Å². The quantitative estimate of drug-likeness (QED) is 0.637. The van der Waals surface area contributed by atoms with Crippen molar-refractivity contribution < 1.29 is 15.0 Å². The maximum atomic E-state index is 10.3. The minimum Gasteiger partial charge on any atom is -0.478 e. The number of nitrogens with two attached hydrogens (primary N) is 1. The minimum atomic E-state index is -0.980. The van der Waals surface area contributed by atoms with Crippen LogP contribution in [0.4, 0.5) is 0 Å². The van der Waals surface area contributed by atoms with E-state index < -0.39 is 5.97 Å². The van der Waals surface area contributed by atoms with Crippen molar-refractivity contribution in [1.82, 2.24) is 0 Å². The number of carboxylic acids is 1. The molecule has 15 heavy (non-hydrogen) atoms. The summed E-state index contributed by atoms with van der Waals surface area (Å²) in [6.45, 7) is -0.107. The van der Waals surface area contributed by atoms with Gasteiger partial charge in [-0.2, -0.15) is 0 Å². The van der Waals surface area contributed by atoms with Crippen LogP contribution >= 0.6 is 0 Å². The highest BCUT2D eigenvalue weighted by Gasteiger charge is 2.02. The summed E-state index contributed by atoms with van der Waals surface area (Å²) < 4.78 is 0. The van der Waals surface area contributed by atoms with Crippen molar-refractivity contribution in [1.29, 1.82) is 0 Å². The number of aliphatic hydroxyl groups is 1. The molecule has 0 saturated heterocycles. The summed E-state index contributed by atoms with van der Waals surface area (Å²) in [6.07, 6.45) is 2.57. The van der Waals surface area contributed by atoms with Gasteiger partial charge in [-0.1, -0.05) is 24.3 Å². The number of hydrogen-bond acceptors (Lipinski definition) is 3. The van der Waals surface area contributed by atoms with Crippen LogP contribution in [0.25, 0.3) is 6.08 Å². The lowest BCUT2D eigenvalue weighted by molar-refractivity contribution is -0.131. The Balaban J connectivity index is 2.76. The van der Waals surface area contributed by atoms with Crippen molar-refractivity contribution in [2.24, 2.45) is 5.73 Å². The first-order valence-electron chi connectivity index (χ1n) is 4.51. The fraction of sp³-hybridized carbons (Fsp3) is 0.182. The summed E-state index contributed by atoms with van der Waals surface area (Å²) in [4.78, 5) is 10.3. The highest BCUT2D eigenvalue weighted by Crippen LogP contribution is 2.11. The molecule has 0 fully saturated rings. The van der Waals surface area contributed by atoms with Gasteiger partial charge in [0.2, 0.25) is 0 Å². The van der Waals surface area contributed by atoms with Gasteiger partial charge in [0.1, 0.15) is 0 Å². The van der Waals surface area contributed by atoms with E-state index in [0.717, 1.165) is 17.2 Å². The predicted octanol–water partition coefficient (Wildman–Crippen LogP) is 0.776. The van der Waals surface area contributed by atoms with E-state index in [2.05, 4.69) is 0 Å². The van der Waals surface area contributed by atoms with Gasteiger partial charge in [-0.3, -0.25) is 0 Å². The monoisotopic (exact) mass is 207 g/mol. The Morgan fingerprint density at radius 3 is 2.47 bits per heavy atom. The SMILES string of the molecule is N[C@@H](CO)c1ccc(/C=C/C(=O)O)cc1. The second kappa shape index (κ2) is 5.29. The Morgan fingerprint density at radius 2 is 2.00 bits per heavy atom. The topological polar surface area (TPSA) is 83.5 Å². The molecule has 0 heterocycles. The van der Waals surface area contributed by atoms with Crippen LogP contribution in [0.5, 0.6) is 0 Å². The summed E-state index contributed by atoms with van der Waals surface area (Å²) in [6, 6.07) is 6.65. The average Bonchev–Trinajstić information content (AvgIpc) is 2.26. The number of carbonyl (C=O) groups is 1. The molecule has 4 N–H and O–H groups in total. The summed E-state index contributed by atoms with van der Waals surface area (Å²) in [5, 5.41) is 17.2. The van der Waals surface area contributed by atoms with Gasteiger partial charge < -0.3 is 15.9 Å². The van der Waals surface area contributed by atoms with Crippen molar-refractivity contribution in [2.45, 2.75) is 6.04 Å². The first-order chi connectivity index (χ1) is 7.13. The van der Waals surface area contributed by atoms with Crippen molar-refractivity contribution in [3.8, 4) is 0 Å². The largest absolute Gasteiger partial charge is 0.478 e. The molecular formula is C11H13NO3. The highest BCUT2D eigenvalue weighted by molar-refractivity contribution is 5.85. The Labute approximate surface area is 87.7 Å². The third-order valence-corrected chi connectivity index (χ3v) is 1.98. The molecule has 0 aliphatic carbocycles. The fourth-order valence-corrected chi connectivity index (χ4v) is 1.13. The van der Waals surface area contributed by atoms with E-state index >= 15 is 0 Å². The summed E-state index contributed by atoms with van der Waals surface area (Å²) in [5.74, 6) is -0.980. The van der Waals surface area contributed by atoms with Gasteiger partial charge >= 0.3 is 5.97 Å². The molecule has 0 saturated carbocycles. The van der Waals surface area contributed by atoms with Gasteiger partial charge in [0.25, 0.3) is 0 Å². The zero-order valence-electron chi connectivity index (χ0n) is 8.13. The number of carboxylic acid groups (broad SMARTS) is 1. The predicted molar refractivity (Wildman–Crippen MR) is 57.1 cm³/mol. The number of rotatable bonds is 4. The van der Waals surface area contributed by atoms with Gasteiger partial charge in [0.05, 0.1) is 12.6 Å². The van der Waals surface area contributed by atoms with Crippen LogP contribution < -0.4 is 5.73 Å². The number of aliphatic carboxylic acids is 1. The maximum absolute atomic E-state index is 10.3. The van der Waals surface area contributed by atoms with E-state index in [9.17, 15) is 4.79 Å².